The number of halogens is 1. The number of aromatic nitrogens is 2. The Labute approximate surface area is 128 Å². The highest BCUT2D eigenvalue weighted by Gasteiger charge is 2.08. The van der Waals surface area contributed by atoms with E-state index in [9.17, 15) is 0 Å². The Hall–Kier alpha value is -1.58. The number of hydrogen-bond acceptors (Lipinski definition) is 1. The molecule has 0 atom stereocenters. The summed E-state index contributed by atoms with van der Waals surface area (Å²) in [5, 5.41) is 0.722. The van der Waals surface area contributed by atoms with Gasteiger partial charge in [0, 0.05) is 0 Å². The molecule has 102 valence electrons. The molecule has 0 spiro atoms. The van der Waals surface area contributed by atoms with Crippen LogP contribution in [-0.2, 0) is 13.0 Å². The number of nitrogens with one attached hydrogen (secondary N) is 1. The van der Waals surface area contributed by atoms with Crippen molar-refractivity contribution in [1.29, 1.82) is 0 Å². The molecule has 3 rings (SSSR count). The van der Waals surface area contributed by atoms with Gasteiger partial charge in [-0.05, 0) is 41.9 Å². The minimum atomic E-state index is 0.702. The first-order chi connectivity index (χ1) is 9.69. The molecule has 1 N–H and O–H groups in total. The summed E-state index contributed by atoms with van der Waals surface area (Å²) in [6.45, 7) is 2.89. The highest BCUT2D eigenvalue weighted by molar-refractivity contribution is 7.71. The Morgan fingerprint density at radius 3 is 2.50 bits per heavy atom. The molecule has 0 bridgehead atoms. The van der Waals surface area contributed by atoms with Crippen LogP contribution in [0.4, 0.5) is 0 Å². The van der Waals surface area contributed by atoms with Crippen LogP contribution in [0, 0.1) is 4.77 Å². The number of nitrogens with zero attached hydrogens (tertiary/aromatic N) is 1. The molecule has 2 nitrogen and oxygen atoms in total. The molecule has 0 aliphatic rings. The minimum Gasteiger partial charge on any atom is -0.331 e. The Bertz CT molecular complexity index is 799. The third-order valence-corrected chi connectivity index (χ3v) is 4.14. The third kappa shape index (κ3) is 2.39. The molecule has 1 heterocycles. The first kappa shape index (κ1) is 13.4. The van der Waals surface area contributed by atoms with Gasteiger partial charge in [-0.3, -0.25) is 0 Å². The molecule has 2 aromatic carbocycles. The number of aryl methyl sites for hydroxylation is 1. The molecule has 0 saturated carbocycles. The maximum atomic E-state index is 6.30. The highest BCUT2D eigenvalue weighted by atomic mass is 35.5. The highest BCUT2D eigenvalue weighted by Crippen LogP contribution is 2.24. The van der Waals surface area contributed by atoms with Crippen LogP contribution in [0.15, 0.2) is 42.5 Å². The van der Waals surface area contributed by atoms with Crippen molar-refractivity contribution < 1.29 is 0 Å². The maximum Gasteiger partial charge on any atom is 0.178 e. The lowest BCUT2D eigenvalue weighted by Crippen LogP contribution is -2.00. The van der Waals surface area contributed by atoms with Crippen LogP contribution in [0.2, 0.25) is 5.02 Å². The number of fused-ring (bicyclic) bond motifs is 1. The van der Waals surface area contributed by atoms with Gasteiger partial charge >= 0.3 is 0 Å². The molecule has 4 heteroatoms. The SMILES string of the molecule is CCc1ccc(Cn2c(=S)[nH]c3cccc(Cl)c32)cc1. The molecule has 0 unspecified atom stereocenters. The van der Waals surface area contributed by atoms with Crippen molar-refractivity contribution in [2.24, 2.45) is 0 Å². The number of hydrogen-bond donors (Lipinski definition) is 1. The van der Waals surface area contributed by atoms with Crippen molar-refractivity contribution in [3.63, 3.8) is 0 Å². The summed E-state index contributed by atoms with van der Waals surface area (Å²) in [4.78, 5) is 3.20. The van der Waals surface area contributed by atoms with Crippen LogP contribution in [0.1, 0.15) is 18.1 Å². The van der Waals surface area contributed by atoms with E-state index in [0.717, 1.165) is 29.0 Å². The molecule has 0 fully saturated rings. The predicted octanol–water partition coefficient (Wildman–Crippen LogP) is 4.96. The van der Waals surface area contributed by atoms with Crippen molar-refractivity contribution in [3.05, 3.63) is 63.4 Å². The smallest absolute Gasteiger partial charge is 0.178 e. The van der Waals surface area contributed by atoms with Gasteiger partial charge in [0.15, 0.2) is 4.77 Å². The fourth-order valence-corrected chi connectivity index (χ4v) is 2.93. The first-order valence-corrected chi connectivity index (χ1v) is 7.42. The summed E-state index contributed by atoms with van der Waals surface area (Å²) in [7, 11) is 0. The van der Waals surface area contributed by atoms with Crippen molar-refractivity contribution >= 4 is 34.9 Å². The quantitative estimate of drug-likeness (QED) is 0.678. The minimum absolute atomic E-state index is 0.702. The molecule has 0 radical (unpaired) electrons. The Balaban J connectivity index is 2.05. The second-order valence-corrected chi connectivity index (χ2v) is 5.62. The number of rotatable bonds is 3. The molecule has 20 heavy (non-hydrogen) atoms. The van der Waals surface area contributed by atoms with Crippen molar-refractivity contribution in [2.75, 3.05) is 0 Å². The molecule has 0 aliphatic heterocycles. The van der Waals surface area contributed by atoms with Gasteiger partial charge in [0.1, 0.15) is 0 Å². The van der Waals surface area contributed by atoms with Crippen LogP contribution < -0.4 is 0 Å². The summed E-state index contributed by atoms with van der Waals surface area (Å²) in [6, 6.07) is 14.4. The lowest BCUT2D eigenvalue weighted by Gasteiger charge is -2.07. The van der Waals surface area contributed by atoms with Crippen LogP contribution in [0.5, 0.6) is 0 Å². The number of para-hydroxylation sites is 1. The van der Waals surface area contributed by atoms with Crippen LogP contribution >= 0.6 is 23.8 Å². The van der Waals surface area contributed by atoms with Crippen LogP contribution in [0.3, 0.4) is 0 Å². The van der Waals surface area contributed by atoms with Crippen molar-refractivity contribution in [2.45, 2.75) is 19.9 Å². The summed E-state index contributed by atoms with van der Waals surface area (Å²) < 4.78 is 2.75. The second kappa shape index (κ2) is 5.43. The van der Waals surface area contributed by atoms with Gasteiger partial charge in [-0.2, -0.15) is 0 Å². The van der Waals surface area contributed by atoms with Crippen LogP contribution in [0.25, 0.3) is 11.0 Å². The lowest BCUT2D eigenvalue weighted by atomic mass is 10.1. The average molecular weight is 303 g/mol. The molecular weight excluding hydrogens is 288 g/mol. The largest absolute Gasteiger partial charge is 0.331 e. The van der Waals surface area contributed by atoms with Gasteiger partial charge in [-0.15, -0.1) is 0 Å². The molecular formula is C16H15ClN2S. The Kier molecular flexibility index (Phi) is 3.64. The van der Waals surface area contributed by atoms with E-state index in [-0.39, 0.29) is 0 Å². The molecule has 3 aromatic rings. The van der Waals surface area contributed by atoms with Crippen molar-refractivity contribution in [1.82, 2.24) is 9.55 Å². The predicted molar refractivity (Wildman–Crippen MR) is 87.1 cm³/mol. The average Bonchev–Trinajstić information content (AvgIpc) is 2.77. The maximum absolute atomic E-state index is 6.30. The molecule has 0 amide bonds. The summed E-state index contributed by atoms with van der Waals surface area (Å²) in [5.74, 6) is 0. The zero-order valence-corrected chi connectivity index (χ0v) is 12.8. The van der Waals surface area contributed by atoms with E-state index in [1.165, 1.54) is 11.1 Å². The number of H-pyrrole nitrogens is 1. The zero-order valence-electron chi connectivity index (χ0n) is 11.2. The Morgan fingerprint density at radius 2 is 1.80 bits per heavy atom. The Morgan fingerprint density at radius 1 is 1.10 bits per heavy atom. The second-order valence-electron chi connectivity index (χ2n) is 4.82. The van der Waals surface area contributed by atoms with E-state index in [1.54, 1.807) is 0 Å². The van der Waals surface area contributed by atoms with E-state index in [1.807, 2.05) is 22.8 Å². The van der Waals surface area contributed by atoms with E-state index < -0.39 is 0 Å². The lowest BCUT2D eigenvalue weighted by molar-refractivity contribution is 0.810. The normalized spacial score (nSPS) is 11.1. The summed E-state index contributed by atoms with van der Waals surface area (Å²) in [5.41, 5.74) is 4.51. The van der Waals surface area contributed by atoms with Gasteiger partial charge in [0.2, 0.25) is 0 Å². The van der Waals surface area contributed by atoms with Gasteiger partial charge in [-0.1, -0.05) is 48.9 Å². The fraction of sp³-hybridized carbons (Fsp3) is 0.188. The van der Waals surface area contributed by atoms with Crippen molar-refractivity contribution in [3.8, 4) is 0 Å². The fourth-order valence-electron chi connectivity index (χ4n) is 2.39. The van der Waals surface area contributed by atoms with Gasteiger partial charge in [-0.25, -0.2) is 0 Å². The third-order valence-electron chi connectivity index (χ3n) is 3.52. The summed E-state index contributed by atoms with van der Waals surface area (Å²) in [6.07, 6.45) is 1.05. The standard InChI is InChI=1S/C16H15ClN2S/c1-2-11-6-8-12(9-7-11)10-19-15-13(17)4-3-5-14(15)18-16(19)20/h3-9H,2,10H2,1H3,(H,18,20). The van der Waals surface area contributed by atoms with Crippen LogP contribution in [-0.4, -0.2) is 9.55 Å². The zero-order chi connectivity index (χ0) is 14.1. The molecule has 1 aromatic heterocycles. The monoisotopic (exact) mass is 302 g/mol. The summed E-state index contributed by atoms with van der Waals surface area (Å²) >= 11 is 11.7. The van der Waals surface area contributed by atoms with E-state index in [0.29, 0.717) is 4.77 Å². The van der Waals surface area contributed by atoms with Gasteiger partial charge < -0.3 is 9.55 Å². The molecule has 0 aliphatic carbocycles. The van der Waals surface area contributed by atoms with E-state index in [4.69, 9.17) is 23.8 Å². The van der Waals surface area contributed by atoms with E-state index >= 15 is 0 Å². The topological polar surface area (TPSA) is 20.7 Å². The molecule has 0 saturated heterocycles. The number of imidazole rings is 1. The first-order valence-electron chi connectivity index (χ1n) is 6.64. The van der Waals surface area contributed by atoms with E-state index in [2.05, 4.69) is 36.2 Å². The van der Waals surface area contributed by atoms with Gasteiger partial charge in [0.25, 0.3) is 0 Å². The van der Waals surface area contributed by atoms with Gasteiger partial charge in [0.05, 0.1) is 22.6 Å². The number of benzene rings is 2. The number of aromatic amines is 1.